The van der Waals surface area contributed by atoms with Gasteiger partial charge in [-0.05, 0) is 52.5 Å². The van der Waals surface area contributed by atoms with Crippen LogP contribution in [0, 0.1) is 5.82 Å². The number of nitrogens with zero attached hydrogens (tertiary/aromatic N) is 2. The monoisotopic (exact) mass is 312 g/mol. The standard InChI is InChI=1S/C13H14BrFN2O/c1-17-8-16-11(13(17)14)5-3-9-7-10(15)4-6-12(9)18-2/h4,6-8H,3,5H2,1-2H3. The molecule has 0 atom stereocenters. The zero-order chi connectivity index (χ0) is 13.1. The van der Waals surface area contributed by atoms with E-state index in [1.807, 2.05) is 11.6 Å². The fraction of sp³-hybridized carbons (Fsp3) is 0.308. The minimum atomic E-state index is -0.245. The van der Waals surface area contributed by atoms with E-state index in [1.54, 1.807) is 19.5 Å². The first-order chi connectivity index (χ1) is 8.61. The summed E-state index contributed by atoms with van der Waals surface area (Å²) in [5.41, 5.74) is 1.82. The van der Waals surface area contributed by atoms with E-state index in [1.165, 1.54) is 12.1 Å². The summed E-state index contributed by atoms with van der Waals surface area (Å²) in [5.74, 6) is 0.467. The minimum Gasteiger partial charge on any atom is -0.496 e. The van der Waals surface area contributed by atoms with E-state index in [0.717, 1.165) is 22.3 Å². The van der Waals surface area contributed by atoms with E-state index in [2.05, 4.69) is 20.9 Å². The number of imidazole rings is 1. The van der Waals surface area contributed by atoms with Crippen molar-refractivity contribution in [2.24, 2.45) is 7.05 Å². The summed E-state index contributed by atoms with van der Waals surface area (Å²) >= 11 is 3.47. The van der Waals surface area contributed by atoms with Crippen LogP contribution in [0.25, 0.3) is 0 Å². The van der Waals surface area contributed by atoms with Crippen LogP contribution in [0.4, 0.5) is 4.39 Å². The average molecular weight is 313 g/mol. The molecule has 0 unspecified atom stereocenters. The second-order valence-corrected chi connectivity index (χ2v) is 4.80. The lowest BCUT2D eigenvalue weighted by Crippen LogP contribution is -1.97. The van der Waals surface area contributed by atoms with Crippen LogP contribution in [0.5, 0.6) is 5.75 Å². The van der Waals surface area contributed by atoms with Gasteiger partial charge in [-0.25, -0.2) is 9.37 Å². The SMILES string of the molecule is COc1ccc(F)cc1CCc1ncn(C)c1Br. The van der Waals surface area contributed by atoms with Gasteiger partial charge in [0, 0.05) is 7.05 Å². The Morgan fingerprint density at radius 3 is 2.78 bits per heavy atom. The first-order valence-electron chi connectivity index (χ1n) is 5.60. The van der Waals surface area contributed by atoms with Crippen molar-refractivity contribution in [1.29, 1.82) is 0 Å². The van der Waals surface area contributed by atoms with Gasteiger partial charge in [0.05, 0.1) is 19.1 Å². The maximum Gasteiger partial charge on any atom is 0.123 e. The van der Waals surface area contributed by atoms with Crippen LogP contribution in [-0.2, 0) is 19.9 Å². The molecule has 0 saturated heterocycles. The Labute approximate surface area is 114 Å². The molecule has 1 heterocycles. The lowest BCUT2D eigenvalue weighted by molar-refractivity contribution is 0.408. The summed E-state index contributed by atoms with van der Waals surface area (Å²) in [7, 11) is 3.51. The maximum atomic E-state index is 13.2. The van der Waals surface area contributed by atoms with E-state index in [4.69, 9.17) is 4.74 Å². The Kier molecular flexibility index (Phi) is 4.01. The second-order valence-electron chi connectivity index (χ2n) is 4.05. The fourth-order valence-electron chi connectivity index (χ4n) is 1.83. The third kappa shape index (κ3) is 2.72. The molecule has 0 amide bonds. The fourth-order valence-corrected chi connectivity index (χ4v) is 2.22. The number of hydrogen-bond acceptors (Lipinski definition) is 2. The van der Waals surface area contributed by atoms with Crippen molar-refractivity contribution in [1.82, 2.24) is 9.55 Å². The summed E-state index contributed by atoms with van der Waals surface area (Å²) in [6, 6.07) is 4.56. The second kappa shape index (κ2) is 5.52. The quantitative estimate of drug-likeness (QED) is 0.867. The largest absolute Gasteiger partial charge is 0.496 e. The van der Waals surface area contributed by atoms with Gasteiger partial charge in [0.15, 0.2) is 0 Å². The summed E-state index contributed by atoms with van der Waals surface area (Å²) < 4.78 is 21.3. The highest BCUT2D eigenvalue weighted by molar-refractivity contribution is 9.10. The van der Waals surface area contributed by atoms with E-state index in [-0.39, 0.29) is 5.82 Å². The van der Waals surface area contributed by atoms with Gasteiger partial charge in [-0.2, -0.15) is 0 Å². The Bertz CT molecular complexity index is 554. The number of benzene rings is 1. The Morgan fingerprint density at radius 2 is 2.17 bits per heavy atom. The molecule has 0 fully saturated rings. The summed E-state index contributed by atoms with van der Waals surface area (Å²) in [4.78, 5) is 4.29. The summed E-state index contributed by atoms with van der Waals surface area (Å²) in [6.07, 6.45) is 3.18. The van der Waals surface area contributed by atoms with Gasteiger partial charge in [-0.15, -0.1) is 0 Å². The normalized spacial score (nSPS) is 10.7. The van der Waals surface area contributed by atoms with Crippen LogP contribution in [0.2, 0.25) is 0 Å². The molecule has 3 nitrogen and oxygen atoms in total. The van der Waals surface area contributed by atoms with Crippen molar-refractivity contribution in [3.05, 3.63) is 46.2 Å². The maximum absolute atomic E-state index is 13.2. The highest BCUT2D eigenvalue weighted by Gasteiger charge is 2.09. The number of hydrogen-bond donors (Lipinski definition) is 0. The van der Waals surface area contributed by atoms with Crippen LogP contribution in [0.15, 0.2) is 29.1 Å². The van der Waals surface area contributed by atoms with Crippen molar-refractivity contribution in [2.45, 2.75) is 12.8 Å². The topological polar surface area (TPSA) is 27.1 Å². The van der Waals surface area contributed by atoms with Crippen molar-refractivity contribution in [3.8, 4) is 5.75 Å². The Balaban J connectivity index is 2.15. The van der Waals surface area contributed by atoms with Crippen LogP contribution in [0.3, 0.4) is 0 Å². The highest BCUT2D eigenvalue weighted by Crippen LogP contribution is 2.22. The number of methoxy groups -OCH3 is 1. The smallest absolute Gasteiger partial charge is 0.123 e. The van der Waals surface area contributed by atoms with Gasteiger partial charge in [-0.1, -0.05) is 0 Å². The predicted molar refractivity (Wildman–Crippen MR) is 71.3 cm³/mol. The number of aryl methyl sites for hydroxylation is 3. The molecule has 0 aliphatic carbocycles. The molecule has 2 aromatic rings. The zero-order valence-electron chi connectivity index (χ0n) is 10.3. The Morgan fingerprint density at radius 1 is 1.39 bits per heavy atom. The molecule has 2 rings (SSSR count). The molecular weight excluding hydrogens is 299 g/mol. The summed E-state index contributed by atoms with van der Waals surface area (Å²) in [6.45, 7) is 0. The van der Waals surface area contributed by atoms with Crippen molar-refractivity contribution in [3.63, 3.8) is 0 Å². The number of ether oxygens (including phenoxy) is 1. The van der Waals surface area contributed by atoms with Gasteiger partial charge in [-0.3, -0.25) is 0 Å². The van der Waals surface area contributed by atoms with Crippen LogP contribution in [-0.4, -0.2) is 16.7 Å². The van der Waals surface area contributed by atoms with E-state index < -0.39 is 0 Å². The van der Waals surface area contributed by atoms with Crippen molar-refractivity contribution in [2.75, 3.05) is 7.11 Å². The molecule has 0 bridgehead atoms. The number of rotatable bonds is 4. The van der Waals surface area contributed by atoms with Gasteiger partial charge in [0.25, 0.3) is 0 Å². The molecule has 0 aliphatic heterocycles. The lowest BCUT2D eigenvalue weighted by Gasteiger charge is -2.07. The lowest BCUT2D eigenvalue weighted by atomic mass is 10.1. The zero-order valence-corrected chi connectivity index (χ0v) is 11.9. The number of halogens is 2. The molecule has 1 aromatic heterocycles. The van der Waals surface area contributed by atoms with Crippen molar-refractivity contribution < 1.29 is 9.13 Å². The molecule has 5 heteroatoms. The van der Waals surface area contributed by atoms with Crippen molar-refractivity contribution >= 4 is 15.9 Å². The highest BCUT2D eigenvalue weighted by atomic mass is 79.9. The third-order valence-corrected chi connectivity index (χ3v) is 3.83. The van der Waals surface area contributed by atoms with Gasteiger partial charge in [0.1, 0.15) is 16.2 Å². The average Bonchev–Trinajstić information content (AvgIpc) is 2.68. The van der Waals surface area contributed by atoms with Crippen LogP contribution in [0.1, 0.15) is 11.3 Å². The van der Waals surface area contributed by atoms with Crippen LogP contribution < -0.4 is 4.74 Å². The molecule has 0 saturated carbocycles. The predicted octanol–water partition coefficient (Wildman–Crippen LogP) is 3.12. The van der Waals surface area contributed by atoms with Crippen LogP contribution >= 0.6 is 15.9 Å². The first-order valence-corrected chi connectivity index (χ1v) is 6.39. The molecule has 18 heavy (non-hydrogen) atoms. The summed E-state index contributed by atoms with van der Waals surface area (Å²) in [5, 5.41) is 0. The van der Waals surface area contributed by atoms with E-state index >= 15 is 0 Å². The molecule has 0 spiro atoms. The van der Waals surface area contributed by atoms with Gasteiger partial charge in [0.2, 0.25) is 0 Å². The third-order valence-electron chi connectivity index (χ3n) is 2.81. The molecule has 1 aromatic carbocycles. The molecule has 0 radical (unpaired) electrons. The molecule has 0 aliphatic rings. The van der Waals surface area contributed by atoms with Gasteiger partial charge < -0.3 is 9.30 Å². The molecule has 0 N–H and O–H groups in total. The Hall–Kier alpha value is -1.36. The molecular formula is C13H14BrFN2O. The van der Waals surface area contributed by atoms with E-state index in [9.17, 15) is 4.39 Å². The first kappa shape index (κ1) is 13.1. The minimum absolute atomic E-state index is 0.245. The van der Waals surface area contributed by atoms with E-state index in [0.29, 0.717) is 12.2 Å². The number of aromatic nitrogens is 2. The van der Waals surface area contributed by atoms with Gasteiger partial charge >= 0.3 is 0 Å². The molecule has 96 valence electrons.